The summed E-state index contributed by atoms with van der Waals surface area (Å²) >= 11 is 5.01. The number of thiocarbonyl (C=S) groups is 1. The molecule has 0 aliphatic heterocycles. The molecular weight excluding hydrogens is 256 g/mol. The van der Waals surface area contributed by atoms with Crippen molar-refractivity contribution in [2.24, 2.45) is 17.6 Å². The fraction of sp³-hybridized carbons (Fsp3) is 0.643. The minimum atomic E-state index is 0.365. The van der Waals surface area contributed by atoms with E-state index < -0.39 is 0 Å². The van der Waals surface area contributed by atoms with Gasteiger partial charge in [-0.15, -0.1) is 5.10 Å². The van der Waals surface area contributed by atoms with Gasteiger partial charge in [-0.2, -0.15) is 5.10 Å². The lowest BCUT2D eigenvalue weighted by Crippen LogP contribution is -2.18. The third-order valence-electron chi connectivity index (χ3n) is 3.97. The zero-order chi connectivity index (χ0) is 13.7. The second-order valence-electron chi connectivity index (χ2n) is 5.50. The van der Waals surface area contributed by atoms with Crippen LogP contribution in [0, 0.1) is 11.8 Å². The molecule has 1 aromatic heterocycles. The van der Waals surface area contributed by atoms with Gasteiger partial charge in [0.15, 0.2) is 5.82 Å². The first-order chi connectivity index (χ1) is 9.16. The summed E-state index contributed by atoms with van der Waals surface area (Å²) < 4.78 is 0. The van der Waals surface area contributed by atoms with Crippen LogP contribution in [0.3, 0.4) is 0 Å². The maximum atomic E-state index is 5.67. The summed E-state index contributed by atoms with van der Waals surface area (Å²) in [5.74, 6) is 2.46. The van der Waals surface area contributed by atoms with Crippen LogP contribution in [0.15, 0.2) is 12.3 Å². The van der Waals surface area contributed by atoms with E-state index in [1.54, 1.807) is 12.3 Å². The monoisotopic (exact) mass is 278 g/mol. The number of anilines is 1. The van der Waals surface area contributed by atoms with Crippen molar-refractivity contribution in [2.75, 3.05) is 11.9 Å². The number of hydrogen-bond acceptors (Lipinski definition) is 4. The third-order valence-corrected chi connectivity index (χ3v) is 4.19. The van der Waals surface area contributed by atoms with E-state index >= 15 is 0 Å². The van der Waals surface area contributed by atoms with Crippen LogP contribution < -0.4 is 11.1 Å². The zero-order valence-electron chi connectivity index (χ0n) is 11.4. The molecule has 0 radical (unpaired) electrons. The summed E-state index contributed by atoms with van der Waals surface area (Å²) in [6.45, 7) is 3.26. The first-order valence-electron chi connectivity index (χ1n) is 7.02. The Bertz CT molecular complexity index is 427. The van der Waals surface area contributed by atoms with Crippen molar-refractivity contribution in [2.45, 2.75) is 39.0 Å². The summed E-state index contributed by atoms with van der Waals surface area (Å²) in [6, 6.07) is 1.81. The Hall–Kier alpha value is -1.23. The molecule has 1 heterocycles. The highest BCUT2D eigenvalue weighted by Crippen LogP contribution is 2.30. The van der Waals surface area contributed by atoms with Crippen molar-refractivity contribution in [1.82, 2.24) is 10.2 Å². The summed E-state index contributed by atoms with van der Waals surface area (Å²) in [5.41, 5.74) is 6.45. The quantitative estimate of drug-likeness (QED) is 0.811. The van der Waals surface area contributed by atoms with Gasteiger partial charge in [0.05, 0.1) is 11.8 Å². The zero-order valence-corrected chi connectivity index (χ0v) is 12.2. The third kappa shape index (κ3) is 4.13. The molecule has 1 aliphatic carbocycles. The van der Waals surface area contributed by atoms with Crippen LogP contribution in [0.5, 0.6) is 0 Å². The Morgan fingerprint density at radius 1 is 1.42 bits per heavy atom. The van der Waals surface area contributed by atoms with Crippen molar-refractivity contribution in [1.29, 1.82) is 0 Å². The van der Waals surface area contributed by atoms with E-state index in [1.165, 1.54) is 32.1 Å². The van der Waals surface area contributed by atoms with Crippen LogP contribution >= 0.6 is 12.2 Å². The molecule has 0 spiro atoms. The Labute approximate surface area is 120 Å². The predicted octanol–water partition coefficient (Wildman–Crippen LogP) is 2.74. The summed E-state index contributed by atoms with van der Waals surface area (Å²) in [7, 11) is 0. The molecular formula is C14H22N4S. The van der Waals surface area contributed by atoms with Crippen molar-refractivity contribution in [3.8, 4) is 0 Å². The Balaban J connectivity index is 1.81. The minimum Gasteiger partial charge on any atom is -0.389 e. The van der Waals surface area contributed by atoms with Gasteiger partial charge in [-0.3, -0.25) is 0 Å². The lowest BCUT2D eigenvalue weighted by Gasteiger charge is -2.26. The fourth-order valence-corrected chi connectivity index (χ4v) is 2.84. The molecule has 1 fully saturated rings. The first kappa shape index (κ1) is 14.2. The summed E-state index contributed by atoms with van der Waals surface area (Å²) in [5, 5.41) is 11.3. The molecule has 2 rings (SSSR count). The van der Waals surface area contributed by atoms with Crippen LogP contribution in [0.1, 0.15) is 44.6 Å². The van der Waals surface area contributed by atoms with E-state index in [2.05, 4.69) is 22.4 Å². The molecule has 0 bridgehead atoms. The molecule has 1 saturated carbocycles. The van der Waals surface area contributed by atoms with Gasteiger partial charge in [0.2, 0.25) is 0 Å². The van der Waals surface area contributed by atoms with Gasteiger partial charge in [-0.25, -0.2) is 0 Å². The van der Waals surface area contributed by atoms with Gasteiger partial charge in [-0.1, -0.05) is 44.8 Å². The molecule has 1 aliphatic rings. The van der Waals surface area contributed by atoms with Crippen LogP contribution in [-0.4, -0.2) is 21.7 Å². The van der Waals surface area contributed by atoms with Crippen LogP contribution in [-0.2, 0) is 0 Å². The highest BCUT2D eigenvalue weighted by Gasteiger charge is 2.17. The van der Waals surface area contributed by atoms with Gasteiger partial charge in [0.25, 0.3) is 0 Å². The van der Waals surface area contributed by atoms with E-state index in [0.29, 0.717) is 10.8 Å². The van der Waals surface area contributed by atoms with Gasteiger partial charge in [0.1, 0.15) is 4.99 Å². The van der Waals surface area contributed by atoms with Gasteiger partial charge < -0.3 is 11.1 Å². The van der Waals surface area contributed by atoms with Crippen LogP contribution in [0.2, 0.25) is 0 Å². The first-order valence-corrected chi connectivity index (χ1v) is 7.43. The van der Waals surface area contributed by atoms with E-state index in [0.717, 1.165) is 23.9 Å². The maximum Gasteiger partial charge on any atom is 0.158 e. The number of nitrogens with zero attached hydrogens (tertiary/aromatic N) is 2. The lowest BCUT2D eigenvalue weighted by molar-refractivity contribution is 0.282. The largest absolute Gasteiger partial charge is 0.389 e. The fourth-order valence-electron chi connectivity index (χ4n) is 2.67. The Kier molecular flexibility index (Phi) is 5.07. The van der Waals surface area contributed by atoms with E-state index in [9.17, 15) is 0 Å². The van der Waals surface area contributed by atoms with E-state index in [-0.39, 0.29) is 0 Å². The van der Waals surface area contributed by atoms with Crippen molar-refractivity contribution in [3.63, 3.8) is 0 Å². The maximum absolute atomic E-state index is 5.67. The molecule has 4 nitrogen and oxygen atoms in total. The Morgan fingerprint density at radius 3 is 2.84 bits per heavy atom. The van der Waals surface area contributed by atoms with Crippen molar-refractivity contribution >= 4 is 23.0 Å². The second kappa shape index (κ2) is 6.80. The highest BCUT2D eigenvalue weighted by atomic mass is 32.1. The molecule has 0 unspecified atom stereocenters. The normalized spacial score (nSPS) is 23.0. The lowest BCUT2D eigenvalue weighted by atomic mass is 9.81. The predicted molar refractivity (Wildman–Crippen MR) is 82.1 cm³/mol. The molecule has 1 aromatic rings. The number of nitrogens with one attached hydrogen (secondary N) is 1. The number of rotatable bonds is 5. The molecule has 19 heavy (non-hydrogen) atoms. The molecule has 0 amide bonds. The van der Waals surface area contributed by atoms with Crippen LogP contribution in [0.25, 0.3) is 0 Å². The van der Waals surface area contributed by atoms with E-state index in [1.807, 2.05) is 0 Å². The van der Waals surface area contributed by atoms with E-state index in [4.69, 9.17) is 18.0 Å². The van der Waals surface area contributed by atoms with Gasteiger partial charge >= 0.3 is 0 Å². The minimum absolute atomic E-state index is 0.365. The molecule has 3 N–H and O–H groups in total. The smallest absolute Gasteiger partial charge is 0.158 e. The topological polar surface area (TPSA) is 63.8 Å². The standard InChI is InChI=1S/C14H22N4S/c1-10-2-4-11(5-3-10)6-8-16-14-12(13(15)19)7-9-17-18-14/h7,9-11H,2-6,8H2,1H3,(H2,15,19)(H,16,18). The average molecular weight is 278 g/mol. The van der Waals surface area contributed by atoms with Crippen molar-refractivity contribution in [3.05, 3.63) is 17.8 Å². The number of nitrogens with two attached hydrogens (primary N) is 1. The molecule has 5 heteroatoms. The Morgan fingerprint density at radius 2 is 2.16 bits per heavy atom. The highest BCUT2D eigenvalue weighted by molar-refractivity contribution is 7.80. The average Bonchev–Trinajstić information content (AvgIpc) is 2.41. The number of aromatic nitrogens is 2. The SMILES string of the molecule is CC1CCC(CCNc2nnccc2C(N)=S)CC1. The summed E-state index contributed by atoms with van der Waals surface area (Å²) in [6.07, 6.45) is 8.24. The number of hydrogen-bond donors (Lipinski definition) is 2. The molecule has 0 atom stereocenters. The van der Waals surface area contributed by atoms with Crippen LogP contribution in [0.4, 0.5) is 5.82 Å². The molecule has 104 valence electrons. The van der Waals surface area contributed by atoms with Crippen molar-refractivity contribution < 1.29 is 0 Å². The summed E-state index contributed by atoms with van der Waals surface area (Å²) in [4.78, 5) is 0.365. The van der Waals surface area contributed by atoms with Gasteiger partial charge in [0, 0.05) is 6.54 Å². The molecule has 0 aromatic carbocycles. The molecule has 0 saturated heterocycles. The van der Waals surface area contributed by atoms with Gasteiger partial charge in [-0.05, 0) is 24.3 Å². The second-order valence-corrected chi connectivity index (χ2v) is 5.94.